The van der Waals surface area contributed by atoms with Gasteiger partial charge in [-0.25, -0.2) is 4.98 Å². The molecule has 0 saturated carbocycles. The van der Waals surface area contributed by atoms with Gasteiger partial charge in [-0.1, -0.05) is 6.07 Å². The van der Waals surface area contributed by atoms with Gasteiger partial charge in [-0.05, 0) is 25.5 Å². The summed E-state index contributed by atoms with van der Waals surface area (Å²) in [7, 11) is 1.78. The first-order chi connectivity index (χ1) is 9.04. The number of amides is 1. The van der Waals surface area contributed by atoms with Crippen molar-refractivity contribution in [2.75, 3.05) is 11.4 Å². The average molecular weight is 259 g/mol. The minimum atomic E-state index is -0.129. The van der Waals surface area contributed by atoms with Gasteiger partial charge in [0.25, 0.3) is 5.91 Å². The molecule has 0 fully saturated rings. The van der Waals surface area contributed by atoms with Gasteiger partial charge in [0.15, 0.2) is 0 Å². The predicted octanol–water partition coefficient (Wildman–Crippen LogP) is 2.10. The molecule has 0 aliphatic rings. The normalized spacial score (nSPS) is 10.5. The summed E-state index contributed by atoms with van der Waals surface area (Å²) < 4.78 is 1.68. The lowest BCUT2D eigenvalue weighted by Gasteiger charge is -2.23. The van der Waals surface area contributed by atoms with Crippen LogP contribution >= 0.6 is 0 Å². The Balaban J connectivity index is 2.43. The Morgan fingerprint density at radius 3 is 2.79 bits per heavy atom. The Kier molecular flexibility index (Phi) is 3.55. The molecule has 0 unspecified atom stereocenters. The number of carbonyl (C=O) groups is 1. The molecule has 1 aromatic carbocycles. The zero-order valence-corrected chi connectivity index (χ0v) is 11.3. The Bertz CT molecular complexity index is 604. The molecule has 0 atom stereocenters. The van der Waals surface area contributed by atoms with E-state index in [1.165, 1.54) is 0 Å². The SMILES string of the molecule is CCN(C(=O)c1cncn1C)c1cc(O)ccc1C. The standard InChI is InChI=1S/C14H17N3O2/c1-4-17(12-7-11(18)6-5-10(12)2)14(19)13-8-15-9-16(13)3/h5-9,18H,4H2,1-3H3. The van der Waals surface area contributed by atoms with Crippen molar-refractivity contribution in [2.45, 2.75) is 13.8 Å². The monoisotopic (exact) mass is 259 g/mol. The van der Waals surface area contributed by atoms with Crippen molar-refractivity contribution in [1.29, 1.82) is 0 Å². The molecule has 0 aliphatic carbocycles. The van der Waals surface area contributed by atoms with E-state index in [0.29, 0.717) is 17.9 Å². The van der Waals surface area contributed by atoms with Crippen LogP contribution in [0.5, 0.6) is 5.75 Å². The quantitative estimate of drug-likeness (QED) is 0.918. The maximum Gasteiger partial charge on any atom is 0.276 e. The molecule has 100 valence electrons. The summed E-state index contributed by atoms with van der Waals surface area (Å²) in [5.74, 6) is 0.0213. The van der Waals surface area contributed by atoms with Crippen LogP contribution in [-0.2, 0) is 7.05 Å². The van der Waals surface area contributed by atoms with Crippen LogP contribution in [0.15, 0.2) is 30.7 Å². The fraction of sp³-hybridized carbons (Fsp3) is 0.286. The number of imidazole rings is 1. The number of hydrogen-bond donors (Lipinski definition) is 1. The molecule has 0 spiro atoms. The van der Waals surface area contributed by atoms with Crippen molar-refractivity contribution in [3.05, 3.63) is 42.0 Å². The fourth-order valence-electron chi connectivity index (χ4n) is 2.01. The smallest absolute Gasteiger partial charge is 0.276 e. The summed E-state index contributed by atoms with van der Waals surface area (Å²) >= 11 is 0. The van der Waals surface area contributed by atoms with Crippen LogP contribution in [0.4, 0.5) is 5.69 Å². The van der Waals surface area contributed by atoms with E-state index in [1.54, 1.807) is 47.2 Å². The number of nitrogens with zero attached hydrogens (tertiary/aromatic N) is 3. The number of aromatic hydroxyl groups is 1. The van der Waals surface area contributed by atoms with Gasteiger partial charge in [0, 0.05) is 19.7 Å². The van der Waals surface area contributed by atoms with Gasteiger partial charge < -0.3 is 14.6 Å². The van der Waals surface area contributed by atoms with Gasteiger partial charge in [-0.2, -0.15) is 0 Å². The summed E-state index contributed by atoms with van der Waals surface area (Å²) in [5, 5.41) is 9.59. The van der Waals surface area contributed by atoms with Crippen molar-refractivity contribution in [3.63, 3.8) is 0 Å². The summed E-state index contributed by atoms with van der Waals surface area (Å²) in [4.78, 5) is 18.1. The number of carbonyl (C=O) groups excluding carboxylic acids is 1. The van der Waals surface area contributed by atoms with Gasteiger partial charge in [-0.15, -0.1) is 0 Å². The van der Waals surface area contributed by atoms with E-state index in [2.05, 4.69) is 4.98 Å². The number of benzene rings is 1. The topological polar surface area (TPSA) is 58.4 Å². The zero-order chi connectivity index (χ0) is 14.0. The summed E-state index contributed by atoms with van der Waals surface area (Å²) in [6, 6.07) is 5.01. The minimum Gasteiger partial charge on any atom is -0.508 e. The van der Waals surface area contributed by atoms with Crippen LogP contribution in [0.25, 0.3) is 0 Å². The maximum absolute atomic E-state index is 12.5. The second-order valence-electron chi connectivity index (χ2n) is 4.41. The molecule has 0 bridgehead atoms. The van der Waals surface area contributed by atoms with Crippen molar-refractivity contribution in [3.8, 4) is 5.75 Å². The van der Waals surface area contributed by atoms with Crippen molar-refractivity contribution in [2.24, 2.45) is 7.05 Å². The highest BCUT2D eigenvalue weighted by atomic mass is 16.3. The summed E-state index contributed by atoms with van der Waals surface area (Å²) in [6.45, 7) is 4.33. The van der Waals surface area contributed by atoms with E-state index < -0.39 is 0 Å². The van der Waals surface area contributed by atoms with Gasteiger partial charge in [0.2, 0.25) is 0 Å². The Morgan fingerprint density at radius 1 is 1.47 bits per heavy atom. The molecule has 0 saturated heterocycles. The molecular formula is C14H17N3O2. The lowest BCUT2D eigenvalue weighted by Crippen LogP contribution is -2.32. The number of anilines is 1. The molecule has 5 nitrogen and oxygen atoms in total. The third-order valence-corrected chi connectivity index (χ3v) is 3.08. The number of aryl methyl sites for hydroxylation is 2. The first-order valence-electron chi connectivity index (χ1n) is 6.12. The number of phenolic OH excluding ortho intramolecular Hbond substituents is 1. The summed E-state index contributed by atoms with van der Waals surface area (Å²) in [6.07, 6.45) is 3.14. The molecule has 1 heterocycles. The molecule has 1 aromatic heterocycles. The highest BCUT2D eigenvalue weighted by Crippen LogP contribution is 2.26. The molecule has 2 rings (SSSR count). The van der Waals surface area contributed by atoms with Crippen LogP contribution in [0.2, 0.25) is 0 Å². The number of hydrogen-bond acceptors (Lipinski definition) is 3. The highest BCUT2D eigenvalue weighted by molar-refractivity contribution is 6.05. The number of rotatable bonds is 3. The summed E-state index contributed by atoms with van der Waals surface area (Å²) in [5.41, 5.74) is 2.17. The van der Waals surface area contributed by atoms with Crippen molar-refractivity contribution in [1.82, 2.24) is 9.55 Å². The van der Waals surface area contributed by atoms with E-state index in [1.807, 2.05) is 13.8 Å². The largest absolute Gasteiger partial charge is 0.508 e. The molecule has 5 heteroatoms. The van der Waals surface area contributed by atoms with E-state index in [-0.39, 0.29) is 11.7 Å². The molecule has 2 aromatic rings. The second-order valence-corrected chi connectivity index (χ2v) is 4.41. The minimum absolute atomic E-state index is 0.129. The molecule has 1 N–H and O–H groups in total. The third-order valence-electron chi connectivity index (χ3n) is 3.08. The fourth-order valence-corrected chi connectivity index (χ4v) is 2.01. The Morgan fingerprint density at radius 2 is 2.21 bits per heavy atom. The van der Waals surface area contributed by atoms with E-state index in [4.69, 9.17) is 0 Å². The first-order valence-corrected chi connectivity index (χ1v) is 6.12. The Hall–Kier alpha value is -2.30. The predicted molar refractivity (Wildman–Crippen MR) is 73.4 cm³/mol. The second kappa shape index (κ2) is 5.14. The van der Waals surface area contributed by atoms with E-state index in [9.17, 15) is 9.90 Å². The van der Waals surface area contributed by atoms with Crippen LogP contribution in [0, 0.1) is 6.92 Å². The van der Waals surface area contributed by atoms with Gasteiger partial charge in [0.1, 0.15) is 11.4 Å². The van der Waals surface area contributed by atoms with Gasteiger partial charge in [-0.3, -0.25) is 4.79 Å². The van der Waals surface area contributed by atoms with Crippen LogP contribution in [0.1, 0.15) is 23.0 Å². The zero-order valence-electron chi connectivity index (χ0n) is 11.3. The number of aromatic nitrogens is 2. The van der Waals surface area contributed by atoms with E-state index in [0.717, 1.165) is 5.56 Å². The molecule has 0 aliphatic heterocycles. The van der Waals surface area contributed by atoms with Crippen LogP contribution in [0.3, 0.4) is 0 Å². The van der Waals surface area contributed by atoms with E-state index >= 15 is 0 Å². The molecule has 0 radical (unpaired) electrons. The van der Waals surface area contributed by atoms with Gasteiger partial charge >= 0.3 is 0 Å². The lowest BCUT2D eigenvalue weighted by atomic mass is 10.1. The van der Waals surface area contributed by atoms with Crippen LogP contribution < -0.4 is 4.90 Å². The third kappa shape index (κ3) is 2.45. The van der Waals surface area contributed by atoms with Crippen molar-refractivity contribution < 1.29 is 9.90 Å². The highest BCUT2D eigenvalue weighted by Gasteiger charge is 2.20. The van der Waals surface area contributed by atoms with Crippen LogP contribution in [-0.4, -0.2) is 27.1 Å². The average Bonchev–Trinajstić information content (AvgIpc) is 2.80. The van der Waals surface area contributed by atoms with Gasteiger partial charge in [0.05, 0.1) is 18.2 Å². The molecule has 1 amide bonds. The number of phenols is 1. The first kappa shape index (κ1) is 13.1. The lowest BCUT2D eigenvalue weighted by molar-refractivity contribution is 0.0980. The Labute approximate surface area is 112 Å². The van der Waals surface area contributed by atoms with Crippen molar-refractivity contribution >= 4 is 11.6 Å². The molecular weight excluding hydrogens is 242 g/mol. The maximum atomic E-state index is 12.5. The molecule has 19 heavy (non-hydrogen) atoms.